The molecular formula is C12H16Cl2N2O2S. The normalized spacial score (nSPS) is 21.5. The summed E-state index contributed by atoms with van der Waals surface area (Å²) in [5.41, 5.74) is 5.67. The summed E-state index contributed by atoms with van der Waals surface area (Å²) in [6.45, 7) is 0.821. The number of hydrogen-bond acceptors (Lipinski definition) is 3. The molecule has 1 aromatic carbocycles. The summed E-state index contributed by atoms with van der Waals surface area (Å²) in [5.74, 6) is 0. The lowest BCUT2D eigenvalue weighted by molar-refractivity contribution is 0.257. The Labute approximate surface area is 123 Å². The van der Waals surface area contributed by atoms with Gasteiger partial charge in [0.05, 0.1) is 4.90 Å². The molecule has 4 nitrogen and oxygen atoms in total. The first-order chi connectivity index (χ1) is 8.95. The van der Waals surface area contributed by atoms with Crippen molar-refractivity contribution in [2.24, 2.45) is 5.73 Å². The summed E-state index contributed by atoms with van der Waals surface area (Å²) in [5, 5.41) is 0.625. The van der Waals surface area contributed by atoms with E-state index >= 15 is 0 Å². The van der Waals surface area contributed by atoms with Gasteiger partial charge in [0.15, 0.2) is 0 Å². The highest BCUT2D eigenvalue weighted by Crippen LogP contribution is 2.28. The van der Waals surface area contributed by atoms with Crippen LogP contribution in [0.25, 0.3) is 0 Å². The van der Waals surface area contributed by atoms with E-state index in [2.05, 4.69) is 0 Å². The average Bonchev–Trinajstić information content (AvgIpc) is 2.37. The van der Waals surface area contributed by atoms with Gasteiger partial charge in [-0.3, -0.25) is 0 Å². The Bertz CT molecular complexity index is 543. The third-order valence-electron chi connectivity index (χ3n) is 3.29. The molecule has 0 saturated carbocycles. The summed E-state index contributed by atoms with van der Waals surface area (Å²) >= 11 is 11.7. The van der Waals surface area contributed by atoms with Gasteiger partial charge in [-0.05, 0) is 31.0 Å². The molecule has 19 heavy (non-hydrogen) atoms. The molecule has 0 amide bonds. The fourth-order valence-corrected chi connectivity index (χ4v) is 4.77. The highest BCUT2D eigenvalue weighted by Gasteiger charge is 2.32. The van der Waals surface area contributed by atoms with E-state index in [1.807, 2.05) is 0 Å². The van der Waals surface area contributed by atoms with E-state index in [0.717, 1.165) is 19.3 Å². The maximum atomic E-state index is 12.6. The van der Waals surface area contributed by atoms with Gasteiger partial charge in [0.1, 0.15) is 0 Å². The predicted molar refractivity (Wildman–Crippen MR) is 77.0 cm³/mol. The van der Waals surface area contributed by atoms with E-state index in [0.29, 0.717) is 23.1 Å². The van der Waals surface area contributed by atoms with Crippen molar-refractivity contribution in [3.05, 3.63) is 28.2 Å². The SMILES string of the molecule is NCC1CCCCN1S(=O)(=O)c1cc(Cl)cc(Cl)c1. The van der Waals surface area contributed by atoms with Gasteiger partial charge in [-0.2, -0.15) is 4.31 Å². The number of nitrogens with zero attached hydrogens (tertiary/aromatic N) is 1. The van der Waals surface area contributed by atoms with Crippen molar-refractivity contribution in [3.63, 3.8) is 0 Å². The number of piperidine rings is 1. The van der Waals surface area contributed by atoms with Crippen molar-refractivity contribution in [1.82, 2.24) is 4.31 Å². The zero-order valence-corrected chi connectivity index (χ0v) is 12.7. The third-order valence-corrected chi connectivity index (χ3v) is 5.65. The maximum Gasteiger partial charge on any atom is 0.243 e. The molecule has 7 heteroatoms. The first-order valence-electron chi connectivity index (χ1n) is 6.13. The molecule has 2 N–H and O–H groups in total. The van der Waals surface area contributed by atoms with E-state index < -0.39 is 10.0 Å². The monoisotopic (exact) mass is 322 g/mol. The van der Waals surface area contributed by atoms with Crippen LogP contribution in [0.5, 0.6) is 0 Å². The molecule has 1 aromatic rings. The van der Waals surface area contributed by atoms with Crippen molar-refractivity contribution in [2.45, 2.75) is 30.2 Å². The largest absolute Gasteiger partial charge is 0.329 e. The van der Waals surface area contributed by atoms with E-state index in [-0.39, 0.29) is 10.9 Å². The van der Waals surface area contributed by atoms with Gasteiger partial charge in [0.25, 0.3) is 0 Å². The van der Waals surface area contributed by atoms with Gasteiger partial charge in [-0.1, -0.05) is 29.6 Å². The van der Waals surface area contributed by atoms with Crippen LogP contribution in [-0.2, 0) is 10.0 Å². The zero-order valence-electron chi connectivity index (χ0n) is 10.4. The Morgan fingerprint density at radius 3 is 2.42 bits per heavy atom. The lowest BCUT2D eigenvalue weighted by atomic mass is 10.1. The second-order valence-electron chi connectivity index (χ2n) is 4.61. The number of hydrogen-bond donors (Lipinski definition) is 1. The lowest BCUT2D eigenvalue weighted by Gasteiger charge is -2.33. The van der Waals surface area contributed by atoms with Crippen LogP contribution in [0.4, 0.5) is 0 Å². The van der Waals surface area contributed by atoms with Gasteiger partial charge >= 0.3 is 0 Å². The number of halogens is 2. The first-order valence-corrected chi connectivity index (χ1v) is 8.33. The highest BCUT2D eigenvalue weighted by molar-refractivity contribution is 7.89. The van der Waals surface area contributed by atoms with Crippen molar-refractivity contribution >= 4 is 33.2 Å². The van der Waals surface area contributed by atoms with Gasteiger partial charge in [0, 0.05) is 29.2 Å². The standard InChI is InChI=1S/C12H16Cl2N2O2S/c13-9-5-10(14)7-12(6-9)19(17,18)16-4-2-1-3-11(16)8-15/h5-7,11H,1-4,8,15H2. The molecule has 0 radical (unpaired) electrons. The van der Waals surface area contributed by atoms with Crippen molar-refractivity contribution < 1.29 is 8.42 Å². The Morgan fingerprint density at radius 1 is 1.21 bits per heavy atom. The highest BCUT2D eigenvalue weighted by atomic mass is 35.5. The zero-order chi connectivity index (χ0) is 14.0. The predicted octanol–water partition coefficient (Wildman–Crippen LogP) is 2.50. The Morgan fingerprint density at radius 2 is 1.84 bits per heavy atom. The molecule has 1 aliphatic heterocycles. The summed E-state index contributed by atoms with van der Waals surface area (Å²) in [4.78, 5) is 0.130. The van der Waals surface area contributed by atoms with Crippen LogP contribution in [0, 0.1) is 0 Å². The summed E-state index contributed by atoms with van der Waals surface area (Å²) in [6, 6.07) is 4.21. The van der Waals surface area contributed by atoms with Crippen LogP contribution in [0.1, 0.15) is 19.3 Å². The van der Waals surface area contributed by atoms with Gasteiger partial charge in [0.2, 0.25) is 10.0 Å². The van der Waals surface area contributed by atoms with Crippen LogP contribution in [0.15, 0.2) is 23.1 Å². The maximum absolute atomic E-state index is 12.6. The molecule has 1 fully saturated rings. The van der Waals surface area contributed by atoms with Crippen LogP contribution < -0.4 is 5.73 Å². The molecule has 0 aliphatic carbocycles. The van der Waals surface area contributed by atoms with Gasteiger partial charge < -0.3 is 5.73 Å². The molecule has 1 unspecified atom stereocenters. The molecule has 1 heterocycles. The van der Waals surface area contributed by atoms with Crippen LogP contribution in [0.3, 0.4) is 0 Å². The van der Waals surface area contributed by atoms with E-state index in [9.17, 15) is 8.42 Å². The average molecular weight is 323 g/mol. The fourth-order valence-electron chi connectivity index (χ4n) is 2.34. The molecular weight excluding hydrogens is 307 g/mol. The smallest absolute Gasteiger partial charge is 0.243 e. The molecule has 0 aromatic heterocycles. The third kappa shape index (κ3) is 3.23. The molecule has 1 aliphatic rings. The number of sulfonamides is 1. The van der Waals surface area contributed by atoms with E-state index in [4.69, 9.17) is 28.9 Å². The van der Waals surface area contributed by atoms with Crippen molar-refractivity contribution in [1.29, 1.82) is 0 Å². The van der Waals surface area contributed by atoms with Gasteiger partial charge in [-0.25, -0.2) is 8.42 Å². The Balaban J connectivity index is 2.40. The first kappa shape index (κ1) is 15.1. The minimum absolute atomic E-state index is 0.130. The van der Waals surface area contributed by atoms with E-state index in [1.54, 1.807) is 0 Å². The van der Waals surface area contributed by atoms with Crippen molar-refractivity contribution in [2.75, 3.05) is 13.1 Å². The minimum atomic E-state index is -3.58. The molecule has 1 saturated heterocycles. The summed E-state index contributed by atoms with van der Waals surface area (Å²) in [7, 11) is -3.58. The lowest BCUT2D eigenvalue weighted by Crippen LogP contribution is -2.47. The van der Waals surface area contributed by atoms with Crippen LogP contribution in [0.2, 0.25) is 10.0 Å². The number of nitrogens with two attached hydrogens (primary N) is 1. The fraction of sp³-hybridized carbons (Fsp3) is 0.500. The second-order valence-corrected chi connectivity index (χ2v) is 7.37. The molecule has 1 atom stereocenters. The molecule has 106 valence electrons. The Kier molecular flexibility index (Phi) is 4.74. The quantitative estimate of drug-likeness (QED) is 0.929. The number of rotatable bonds is 3. The van der Waals surface area contributed by atoms with Crippen LogP contribution in [-0.4, -0.2) is 31.9 Å². The summed E-state index contributed by atoms with van der Waals surface area (Å²) in [6.07, 6.45) is 2.65. The van der Waals surface area contributed by atoms with Gasteiger partial charge in [-0.15, -0.1) is 0 Å². The van der Waals surface area contributed by atoms with Crippen molar-refractivity contribution in [3.8, 4) is 0 Å². The molecule has 0 bridgehead atoms. The molecule has 2 rings (SSSR count). The van der Waals surface area contributed by atoms with Crippen LogP contribution >= 0.6 is 23.2 Å². The second kappa shape index (κ2) is 5.97. The minimum Gasteiger partial charge on any atom is -0.329 e. The van der Waals surface area contributed by atoms with E-state index in [1.165, 1.54) is 22.5 Å². The topological polar surface area (TPSA) is 63.4 Å². The summed E-state index contributed by atoms with van der Waals surface area (Å²) < 4.78 is 26.7. The Hall–Kier alpha value is -0.330. The molecule has 0 spiro atoms. The number of benzene rings is 1.